The lowest BCUT2D eigenvalue weighted by molar-refractivity contribution is -0.121. The normalized spacial score (nSPS) is 11.5. The van der Waals surface area contributed by atoms with Crippen molar-refractivity contribution in [3.05, 3.63) is 83.7 Å². The van der Waals surface area contributed by atoms with Crippen molar-refractivity contribution in [1.82, 2.24) is 19.4 Å². The number of likely N-dealkylation sites (N-methyl/N-ethyl adjacent to an activating group) is 1. The van der Waals surface area contributed by atoms with Crippen LogP contribution in [0.1, 0.15) is 28.4 Å². The van der Waals surface area contributed by atoms with Crippen LogP contribution in [0.3, 0.4) is 0 Å². The van der Waals surface area contributed by atoms with E-state index >= 15 is 0 Å². The van der Waals surface area contributed by atoms with Gasteiger partial charge in [0.2, 0.25) is 15.9 Å². The standard InChI is InChI=1S/C22H24N4O4S/c1-17(27)20-8-10-21(11-9-20)31(29,30)25(2)16-22(28)23-14-18-4-6-19(7-5-18)15-26-13-3-12-24-26/h3-13H,14-16H2,1-2H3,(H,23,28). The fraction of sp³-hybridized carbons (Fsp3) is 0.227. The summed E-state index contributed by atoms with van der Waals surface area (Å²) in [5.41, 5.74) is 2.42. The van der Waals surface area contributed by atoms with Crippen LogP contribution in [0.5, 0.6) is 0 Å². The largest absolute Gasteiger partial charge is 0.351 e. The average Bonchev–Trinajstić information content (AvgIpc) is 3.26. The van der Waals surface area contributed by atoms with E-state index in [1.54, 1.807) is 6.20 Å². The molecule has 0 fully saturated rings. The Kier molecular flexibility index (Phi) is 6.98. The van der Waals surface area contributed by atoms with E-state index in [9.17, 15) is 18.0 Å². The number of nitrogens with one attached hydrogen (secondary N) is 1. The highest BCUT2D eigenvalue weighted by atomic mass is 32.2. The molecule has 9 heteroatoms. The second-order valence-electron chi connectivity index (χ2n) is 7.14. The SMILES string of the molecule is CC(=O)c1ccc(S(=O)(=O)N(C)CC(=O)NCc2ccc(Cn3cccn3)cc2)cc1. The van der Waals surface area contributed by atoms with Gasteiger partial charge in [0.05, 0.1) is 18.0 Å². The minimum Gasteiger partial charge on any atom is -0.351 e. The first-order valence-corrected chi connectivity index (χ1v) is 11.1. The molecular weight excluding hydrogens is 416 g/mol. The molecule has 2 aromatic carbocycles. The third kappa shape index (κ3) is 5.87. The first-order chi connectivity index (χ1) is 14.8. The summed E-state index contributed by atoms with van der Waals surface area (Å²) in [7, 11) is -2.49. The maximum Gasteiger partial charge on any atom is 0.243 e. The molecule has 0 aliphatic rings. The maximum atomic E-state index is 12.6. The minimum atomic E-state index is -3.84. The second-order valence-corrected chi connectivity index (χ2v) is 9.18. The Labute approximate surface area is 181 Å². The Bertz CT molecular complexity index is 1140. The summed E-state index contributed by atoms with van der Waals surface area (Å²) < 4.78 is 28.1. The van der Waals surface area contributed by atoms with E-state index in [1.165, 1.54) is 38.2 Å². The van der Waals surface area contributed by atoms with Crippen LogP contribution in [0.15, 0.2) is 71.9 Å². The van der Waals surface area contributed by atoms with Crippen LogP contribution in [0.4, 0.5) is 0 Å². The van der Waals surface area contributed by atoms with Gasteiger partial charge in [-0.15, -0.1) is 0 Å². The number of sulfonamides is 1. The number of carbonyl (C=O) groups excluding carboxylic acids is 2. The van der Waals surface area contributed by atoms with Crippen molar-refractivity contribution >= 4 is 21.7 Å². The number of Topliss-reactive ketones (excluding diaryl/α,β-unsaturated/α-hetero) is 1. The summed E-state index contributed by atoms with van der Waals surface area (Å²) in [6.45, 7) is 2.05. The molecular formula is C22H24N4O4S. The number of ketones is 1. The number of hydrogen-bond donors (Lipinski definition) is 1. The molecule has 8 nitrogen and oxygen atoms in total. The van der Waals surface area contributed by atoms with E-state index in [0.29, 0.717) is 18.7 Å². The fourth-order valence-electron chi connectivity index (χ4n) is 2.93. The lowest BCUT2D eigenvalue weighted by Crippen LogP contribution is -2.38. The predicted molar refractivity (Wildman–Crippen MR) is 116 cm³/mol. The van der Waals surface area contributed by atoms with Crippen LogP contribution in [0.25, 0.3) is 0 Å². The van der Waals surface area contributed by atoms with Gasteiger partial charge in [0.15, 0.2) is 5.78 Å². The van der Waals surface area contributed by atoms with Crippen molar-refractivity contribution in [2.45, 2.75) is 24.9 Å². The molecule has 1 amide bonds. The zero-order valence-electron chi connectivity index (χ0n) is 17.4. The molecule has 0 radical (unpaired) electrons. The van der Waals surface area contributed by atoms with Crippen LogP contribution in [0, 0.1) is 0 Å². The van der Waals surface area contributed by atoms with E-state index in [0.717, 1.165) is 15.4 Å². The molecule has 1 heterocycles. The van der Waals surface area contributed by atoms with Crippen molar-refractivity contribution < 1.29 is 18.0 Å². The highest BCUT2D eigenvalue weighted by molar-refractivity contribution is 7.89. The minimum absolute atomic E-state index is 0.0283. The van der Waals surface area contributed by atoms with Crippen LogP contribution < -0.4 is 5.32 Å². The van der Waals surface area contributed by atoms with Gasteiger partial charge in [-0.05, 0) is 36.2 Å². The van der Waals surface area contributed by atoms with E-state index in [1.807, 2.05) is 41.2 Å². The predicted octanol–water partition coefficient (Wildman–Crippen LogP) is 2.07. The maximum absolute atomic E-state index is 12.6. The third-order valence-electron chi connectivity index (χ3n) is 4.75. The fourth-order valence-corrected chi connectivity index (χ4v) is 4.06. The number of nitrogens with zero attached hydrogens (tertiary/aromatic N) is 3. The van der Waals surface area contributed by atoms with Crippen molar-refractivity contribution in [3.8, 4) is 0 Å². The average molecular weight is 441 g/mol. The first-order valence-electron chi connectivity index (χ1n) is 9.65. The highest BCUT2D eigenvalue weighted by Gasteiger charge is 2.23. The molecule has 0 aliphatic heterocycles. The van der Waals surface area contributed by atoms with Crippen molar-refractivity contribution in [3.63, 3.8) is 0 Å². The summed E-state index contributed by atoms with van der Waals surface area (Å²) in [5, 5.41) is 6.90. The molecule has 3 aromatic rings. The van der Waals surface area contributed by atoms with Gasteiger partial charge in [-0.1, -0.05) is 36.4 Å². The molecule has 0 saturated carbocycles. The molecule has 162 valence electrons. The number of carbonyl (C=O) groups is 2. The van der Waals surface area contributed by atoms with Gasteiger partial charge >= 0.3 is 0 Å². The summed E-state index contributed by atoms with van der Waals surface area (Å²) in [4.78, 5) is 23.6. The Morgan fingerprint density at radius 2 is 1.68 bits per heavy atom. The summed E-state index contributed by atoms with van der Waals surface area (Å²) in [6.07, 6.45) is 3.61. The molecule has 31 heavy (non-hydrogen) atoms. The van der Waals surface area contributed by atoms with Gasteiger partial charge in [-0.3, -0.25) is 14.3 Å². The molecule has 0 saturated heterocycles. The van der Waals surface area contributed by atoms with E-state index in [2.05, 4.69) is 10.4 Å². The summed E-state index contributed by atoms with van der Waals surface area (Å²) in [6, 6.07) is 15.3. The van der Waals surface area contributed by atoms with Crippen LogP contribution in [0.2, 0.25) is 0 Å². The highest BCUT2D eigenvalue weighted by Crippen LogP contribution is 2.15. The van der Waals surface area contributed by atoms with Gasteiger partial charge in [0, 0.05) is 31.5 Å². The Balaban J connectivity index is 1.53. The van der Waals surface area contributed by atoms with E-state index in [4.69, 9.17) is 0 Å². The van der Waals surface area contributed by atoms with Crippen molar-refractivity contribution in [2.24, 2.45) is 0 Å². The summed E-state index contributed by atoms with van der Waals surface area (Å²) >= 11 is 0. The Morgan fingerprint density at radius 1 is 1.03 bits per heavy atom. The van der Waals surface area contributed by atoms with Crippen LogP contribution in [-0.2, 0) is 27.9 Å². The lowest BCUT2D eigenvalue weighted by Gasteiger charge is -2.17. The lowest BCUT2D eigenvalue weighted by atomic mass is 10.1. The molecule has 0 bridgehead atoms. The molecule has 0 atom stereocenters. The van der Waals surface area contributed by atoms with Gasteiger partial charge in [-0.25, -0.2) is 8.42 Å². The number of aromatic nitrogens is 2. The zero-order chi connectivity index (χ0) is 22.4. The van der Waals surface area contributed by atoms with Gasteiger partial charge in [0.1, 0.15) is 0 Å². The van der Waals surface area contributed by atoms with Crippen molar-refractivity contribution in [2.75, 3.05) is 13.6 Å². The number of amides is 1. The van der Waals surface area contributed by atoms with Crippen LogP contribution >= 0.6 is 0 Å². The van der Waals surface area contributed by atoms with Crippen molar-refractivity contribution in [1.29, 1.82) is 0 Å². The molecule has 1 aromatic heterocycles. The van der Waals surface area contributed by atoms with Gasteiger partial charge in [0.25, 0.3) is 0 Å². The topological polar surface area (TPSA) is 101 Å². The van der Waals surface area contributed by atoms with Crippen LogP contribution in [-0.4, -0.2) is 47.8 Å². The monoisotopic (exact) mass is 440 g/mol. The zero-order valence-corrected chi connectivity index (χ0v) is 18.2. The number of hydrogen-bond acceptors (Lipinski definition) is 5. The molecule has 0 unspecified atom stereocenters. The smallest absolute Gasteiger partial charge is 0.243 e. The summed E-state index contributed by atoms with van der Waals surface area (Å²) in [5.74, 6) is -0.557. The number of benzene rings is 2. The Morgan fingerprint density at radius 3 is 2.26 bits per heavy atom. The molecule has 1 N–H and O–H groups in total. The number of rotatable bonds is 9. The quantitative estimate of drug-likeness (QED) is 0.514. The van der Waals surface area contributed by atoms with E-state index < -0.39 is 15.9 Å². The Hall–Kier alpha value is -3.30. The first kappa shape index (κ1) is 22.4. The van der Waals surface area contributed by atoms with Gasteiger partial charge < -0.3 is 5.32 Å². The molecule has 0 spiro atoms. The molecule has 3 rings (SSSR count). The third-order valence-corrected chi connectivity index (χ3v) is 6.57. The second kappa shape index (κ2) is 9.67. The van der Waals surface area contributed by atoms with E-state index in [-0.39, 0.29) is 17.2 Å². The van der Waals surface area contributed by atoms with Gasteiger partial charge in [-0.2, -0.15) is 9.40 Å². The molecule has 0 aliphatic carbocycles.